The van der Waals surface area contributed by atoms with E-state index in [1.807, 2.05) is 0 Å². The van der Waals surface area contributed by atoms with Crippen molar-refractivity contribution in [1.29, 1.82) is 0 Å². The summed E-state index contributed by atoms with van der Waals surface area (Å²) in [6.07, 6.45) is 1.59. The van der Waals surface area contributed by atoms with Crippen LogP contribution in [0.25, 0.3) is 0 Å². The van der Waals surface area contributed by atoms with Gasteiger partial charge in [0.2, 0.25) is 0 Å². The molecule has 64 valence electrons. The van der Waals surface area contributed by atoms with Gasteiger partial charge >= 0.3 is 0 Å². The van der Waals surface area contributed by atoms with Crippen molar-refractivity contribution in [2.45, 2.75) is 43.5 Å². The van der Waals surface area contributed by atoms with E-state index in [0.29, 0.717) is 19.3 Å². The summed E-state index contributed by atoms with van der Waals surface area (Å²) in [7, 11) is 0. The van der Waals surface area contributed by atoms with Crippen molar-refractivity contribution in [3.05, 3.63) is 0 Å². The molecule has 3 nitrogen and oxygen atoms in total. The number of aliphatic hydroxyl groups excluding tert-OH is 2. The van der Waals surface area contributed by atoms with Crippen LogP contribution in [0, 0.1) is 5.92 Å². The first-order valence-corrected chi connectivity index (χ1v) is 4.23. The quantitative estimate of drug-likeness (QED) is 0.451. The van der Waals surface area contributed by atoms with E-state index in [1.54, 1.807) is 0 Å². The second-order valence-electron chi connectivity index (χ2n) is 3.80. The highest BCUT2D eigenvalue weighted by molar-refractivity contribution is 5.06. The predicted molar refractivity (Wildman–Crippen MR) is 38.9 cm³/mol. The van der Waals surface area contributed by atoms with E-state index in [2.05, 4.69) is 0 Å². The third-order valence-corrected chi connectivity index (χ3v) is 3.28. The Kier molecular flexibility index (Phi) is 1.50. The molecule has 0 radical (unpaired) electrons. The molecular weight excluding hydrogens is 144 g/mol. The Hall–Kier alpha value is -0.120. The maximum absolute atomic E-state index is 9.86. The van der Waals surface area contributed by atoms with Gasteiger partial charge in [0.1, 0.15) is 0 Å². The molecule has 0 saturated heterocycles. The van der Waals surface area contributed by atoms with Gasteiger partial charge in [0.15, 0.2) is 0 Å². The van der Waals surface area contributed by atoms with Crippen molar-refractivity contribution in [3.8, 4) is 0 Å². The van der Waals surface area contributed by atoms with Gasteiger partial charge in [-0.15, -0.1) is 0 Å². The number of fused-ring (bicyclic) bond motifs is 1. The summed E-state index contributed by atoms with van der Waals surface area (Å²) in [5.41, 5.74) is -0.959. The van der Waals surface area contributed by atoms with Crippen molar-refractivity contribution in [2.75, 3.05) is 0 Å². The van der Waals surface area contributed by atoms with Gasteiger partial charge in [0.05, 0.1) is 17.8 Å². The Labute approximate surface area is 65.7 Å². The fraction of sp³-hybridized carbons (Fsp3) is 1.00. The predicted octanol–water partition coefficient (Wildman–Crippen LogP) is -0.357. The average Bonchev–Trinajstić information content (AvgIpc) is 2.39. The Morgan fingerprint density at radius 2 is 1.82 bits per heavy atom. The first-order valence-electron chi connectivity index (χ1n) is 4.23. The largest absolute Gasteiger partial charge is 0.393 e. The molecule has 0 aliphatic heterocycles. The minimum absolute atomic E-state index is 0.0718. The summed E-state index contributed by atoms with van der Waals surface area (Å²) in [5.74, 6) is -0.0718. The normalized spacial score (nSPS) is 56.5. The second kappa shape index (κ2) is 2.19. The smallest absolute Gasteiger partial charge is 0.0958 e. The van der Waals surface area contributed by atoms with Crippen LogP contribution in [-0.4, -0.2) is 33.1 Å². The summed E-state index contributed by atoms with van der Waals surface area (Å²) >= 11 is 0. The molecule has 3 N–H and O–H groups in total. The molecule has 0 aromatic carbocycles. The summed E-state index contributed by atoms with van der Waals surface area (Å²) in [5, 5.41) is 28.7. The van der Waals surface area contributed by atoms with E-state index in [-0.39, 0.29) is 5.92 Å². The van der Waals surface area contributed by atoms with Crippen molar-refractivity contribution >= 4 is 0 Å². The van der Waals surface area contributed by atoms with E-state index in [1.165, 1.54) is 0 Å². The highest BCUT2D eigenvalue weighted by atomic mass is 16.3. The summed E-state index contributed by atoms with van der Waals surface area (Å²) < 4.78 is 0. The molecule has 0 spiro atoms. The number of aliphatic hydroxyl groups is 3. The Morgan fingerprint density at radius 3 is 2.45 bits per heavy atom. The molecule has 2 rings (SSSR count). The first kappa shape index (κ1) is 7.53. The van der Waals surface area contributed by atoms with Crippen LogP contribution in [0.5, 0.6) is 0 Å². The minimum atomic E-state index is -0.959. The zero-order chi connectivity index (χ0) is 8.06. The third-order valence-electron chi connectivity index (χ3n) is 3.28. The molecule has 2 aliphatic rings. The Bertz CT molecular complexity index is 171. The molecule has 0 heterocycles. The van der Waals surface area contributed by atoms with Gasteiger partial charge in [-0.3, -0.25) is 0 Å². The molecule has 2 saturated carbocycles. The molecule has 2 fully saturated rings. The van der Waals surface area contributed by atoms with Crippen molar-refractivity contribution < 1.29 is 15.3 Å². The molecule has 4 unspecified atom stereocenters. The lowest BCUT2D eigenvalue weighted by atomic mass is 9.92. The zero-order valence-corrected chi connectivity index (χ0v) is 6.40. The van der Waals surface area contributed by atoms with Gasteiger partial charge in [-0.1, -0.05) is 0 Å². The molecule has 0 amide bonds. The SMILES string of the molecule is OC1CCC2(O)C(O)CCC12. The topological polar surface area (TPSA) is 60.7 Å². The van der Waals surface area contributed by atoms with Crippen molar-refractivity contribution in [2.24, 2.45) is 5.92 Å². The lowest BCUT2D eigenvalue weighted by Gasteiger charge is -2.26. The molecule has 2 aliphatic carbocycles. The summed E-state index contributed by atoms with van der Waals surface area (Å²) in [6, 6.07) is 0. The van der Waals surface area contributed by atoms with Gasteiger partial charge < -0.3 is 15.3 Å². The van der Waals surface area contributed by atoms with Crippen LogP contribution < -0.4 is 0 Å². The summed E-state index contributed by atoms with van der Waals surface area (Å²) in [6.45, 7) is 0. The van der Waals surface area contributed by atoms with E-state index >= 15 is 0 Å². The van der Waals surface area contributed by atoms with Crippen LogP contribution in [0.1, 0.15) is 25.7 Å². The van der Waals surface area contributed by atoms with Crippen molar-refractivity contribution in [3.63, 3.8) is 0 Å². The van der Waals surface area contributed by atoms with Gasteiger partial charge in [-0.25, -0.2) is 0 Å². The van der Waals surface area contributed by atoms with Crippen molar-refractivity contribution in [1.82, 2.24) is 0 Å². The van der Waals surface area contributed by atoms with E-state index in [0.717, 1.165) is 6.42 Å². The van der Waals surface area contributed by atoms with Gasteiger partial charge in [-0.2, -0.15) is 0 Å². The third kappa shape index (κ3) is 0.849. The second-order valence-corrected chi connectivity index (χ2v) is 3.80. The van der Waals surface area contributed by atoms with Crippen LogP contribution in [0.15, 0.2) is 0 Å². The zero-order valence-electron chi connectivity index (χ0n) is 6.40. The molecule has 0 bridgehead atoms. The first-order chi connectivity index (χ1) is 5.14. The number of rotatable bonds is 0. The van der Waals surface area contributed by atoms with Gasteiger partial charge in [0.25, 0.3) is 0 Å². The summed E-state index contributed by atoms with van der Waals surface area (Å²) in [4.78, 5) is 0. The van der Waals surface area contributed by atoms with Crippen LogP contribution >= 0.6 is 0 Å². The average molecular weight is 158 g/mol. The Morgan fingerprint density at radius 1 is 1.09 bits per heavy atom. The van der Waals surface area contributed by atoms with Crippen LogP contribution in [0.3, 0.4) is 0 Å². The highest BCUT2D eigenvalue weighted by Crippen LogP contribution is 2.47. The van der Waals surface area contributed by atoms with E-state index in [9.17, 15) is 15.3 Å². The van der Waals surface area contributed by atoms with Crippen LogP contribution in [-0.2, 0) is 0 Å². The molecular formula is C8H14O3. The molecule has 11 heavy (non-hydrogen) atoms. The Balaban J connectivity index is 2.23. The lowest BCUT2D eigenvalue weighted by molar-refractivity contribution is -0.0777. The molecule has 3 heteroatoms. The maximum Gasteiger partial charge on any atom is 0.0958 e. The number of hydrogen-bond acceptors (Lipinski definition) is 3. The van der Waals surface area contributed by atoms with Gasteiger partial charge in [0, 0.05) is 5.92 Å². The van der Waals surface area contributed by atoms with Crippen LogP contribution in [0.4, 0.5) is 0 Å². The van der Waals surface area contributed by atoms with Crippen LogP contribution in [0.2, 0.25) is 0 Å². The number of hydrogen-bond donors (Lipinski definition) is 3. The standard InChI is InChI=1S/C8H14O3/c9-6-3-4-8(11)5(6)1-2-7(8)10/h5-7,9-11H,1-4H2. The maximum atomic E-state index is 9.86. The fourth-order valence-corrected chi connectivity index (χ4v) is 2.54. The molecule has 0 aromatic heterocycles. The van der Waals surface area contributed by atoms with E-state index < -0.39 is 17.8 Å². The lowest BCUT2D eigenvalue weighted by Crippen LogP contribution is -2.41. The van der Waals surface area contributed by atoms with E-state index in [4.69, 9.17) is 0 Å². The minimum Gasteiger partial charge on any atom is -0.393 e. The highest BCUT2D eigenvalue weighted by Gasteiger charge is 2.54. The molecule has 0 aromatic rings. The monoisotopic (exact) mass is 158 g/mol. The van der Waals surface area contributed by atoms with Gasteiger partial charge in [-0.05, 0) is 25.7 Å². The molecule has 4 atom stereocenters. The fourth-order valence-electron chi connectivity index (χ4n) is 2.54.